The number of benzene rings is 1. The Morgan fingerprint density at radius 3 is 2.60 bits per heavy atom. The van der Waals surface area contributed by atoms with E-state index in [2.05, 4.69) is 5.32 Å². The molecule has 0 bridgehead atoms. The van der Waals surface area contributed by atoms with Gasteiger partial charge in [0, 0.05) is 18.7 Å². The summed E-state index contributed by atoms with van der Waals surface area (Å²) in [5, 5.41) is 20.4. The molecule has 1 unspecified atom stereocenters. The molecule has 1 rings (SSSR count). The van der Waals surface area contributed by atoms with Gasteiger partial charge in [0.05, 0.1) is 6.10 Å². The molecule has 0 fully saturated rings. The lowest BCUT2D eigenvalue weighted by Gasteiger charge is -2.10. The Kier molecular flexibility index (Phi) is 4.80. The van der Waals surface area contributed by atoms with Crippen molar-refractivity contribution in [2.45, 2.75) is 12.5 Å². The van der Waals surface area contributed by atoms with Crippen LogP contribution >= 0.6 is 0 Å². The van der Waals surface area contributed by atoms with Crippen molar-refractivity contribution in [2.75, 3.05) is 13.2 Å². The third-order valence-corrected chi connectivity index (χ3v) is 2.00. The molecule has 1 amide bonds. The van der Waals surface area contributed by atoms with Gasteiger partial charge in [0.2, 0.25) is 0 Å². The van der Waals surface area contributed by atoms with Gasteiger partial charge in [0.25, 0.3) is 5.91 Å². The average Bonchev–Trinajstić information content (AvgIpc) is 2.27. The number of hydrogen-bond acceptors (Lipinski definition) is 3. The van der Waals surface area contributed by atoms with Crippen LogP contribution in [0.3, 0.4) is 0 Å². The van der Waals surface area contributed by atoms with Crippen LogP contribution in [0.2, 0.25) is 0 Å². The van der Waals surface area contributed by atoms with Gasteiger partial charge < -0.3 is 15.5 Å². The van der Waals surface area contributed by atoms with Crippen LogP contribution in [0, 0.1) is 0 Å². The number of carbonyl (C=O) groups excluding carboxylic acids is 1. The van der Waals surface area contributed by atoms with E-state index in [4.69, 9.17) is 5.11 Å². The van der Waals surface area contributed by atoms with Crippen molar-refractivity contribution < 1.29 is 15.0 Å². The highest BCUT2D eigenvalue weighted by Crippen LogP contribution is 1.98. The molecule has 15 heavy (non-hydrogen) atoms. The number of hydrogen-bond donors (Lipinski definition) is 3. The van der Waals surface area contributed by atoms with Crippen molar-refractivity contribution in [1.82, 2.24) is 5.32 Å². The summed E-state index contributed by atoms with van der Waals surface area (Å²) >= 11 is 0. The smallest absolute Gasteiger partial charge is 0.251 e. The third kappa shape index (κ3) is 4.10. The summed E-state index contributed by atoms with van der Waals surface area (Å²) in [6, 6.07) is 8.79. The van der Waals surface area contributed by atoms with E-state index in [0.717, 1.165) is 0 Å². The molecule has 1 aromatic carbocycles. The van der Waals surface area contributed by atoms with Crippen molar-refractivity contribution in [1.29, 1.82) is 0 Å². The summed E-state index contributed by atoms with van der Waals surface area (Å²) in [4.78, 5) is 11.5. The molecule has 0 radical (unpaired) electrons. The Balaban J connectivity index is 2.37. The predicted octanol–water partition coefficient (Wildman–Crippen LogP) is 0.160. The Hall–Kier alpha value is -1.39. The maximum absolute atomic E-state index is 11.5. The van der Waals surface area contributed by atoms with Crippen LogP contribution < -0.4 is 5.32 Å². The fourth-order valence-electron chi connectivity index (χ4n) is 1.15. The highest BCUT2D eigenvalue weighted by atomic mass is 16.3. The van der Waals surface area contributed by atoms with Crippen molar-refractivity contribution >= 4 is 5.91 Å². The molecular weight excluding hydrogens is 194 g/mol. The van der Waals surface area contributed by atoms with E-state index in [0.29, 0.717) is 5.56 Å². The number of aliphatic hydroxyl groups is 2. The standard InChI is InChI=1S/C11H15NO3/c13-7-6-10(14)8-12-11(15)9-4-2-1-3-5-9/h1-5,10,13-14H,6-8H2,(H,12,15). The molecule has 0 aliphatic carbocycles. The van der Waals surface area contributed by atoms with Gasteiger partial charge in [-0.1, -0.05) is 18.2 Å². The first-order chi connectivity index (χ1) is 7.24. The summed E-state index contributed by atoms with van der Waals surface area (Å²) < 4.78 is 0. The molecule has 0 heterocycles. The van der Waals surface area contributed by atoms with Gasteiger partial charge in [-0.05, 0) is 18.6 Å². The Morgan fingerprint density at radius 2 is 2.00 bits per heavy atom. The minimum Gasteiger partial charge on any atom is -0.396 e. The lowest BCUT2D eigenvalue weighted by atomic mass is 10.2. The zero-order chi connectivity index (χ0) is 11.1. The van der Waals surface area contributed by atoms with E-state index in [-0.39, 0.29) is 25.5 Å². The SMILES string of the molecule is O=C(NCC(O)CCO)c1ccccc1. The minimum absolute atomic E-state index is 0.0810. The molecule has 0 aliphatic rings. The number of rotatable bonds is 5. The van der Waals surface area contributed by atoms with Crippen LogP contribution in [0.1, 0.15) is 16.8 Å². The second-order valence-electron chi connectivity index (χ2n) is 3.24. The third-order valence-electron chi connectivity index (χ3n) is 2.00. The second-order valence-corrected chi connectivity index (χ2v) is 3.24. The molecular formula is C11H15NO3. The van der Waals surface area contributed by atoms with E-state index in [1.165, 1.54) is 0 Å². The van der Waals surface area contributed by atoms with Crippen LogP contribution in [0.25, 0.3) is 0 Å². The molecule has 82 valence electrons. The van der Waals surface area contributed by atoms with E-state index in [9.17, 15) is 9.90 Å². The van der Waals surface area contributed by atoms with Gasteiger partial charge in [-0.25, -0.2) is 0 Å². The monoisotopic (exact) mass is 209 g/mol. The lowest BCUT2D eigenvalue weighted by Crippen LogP contribution is -2.32. The topological polar surface area (TPSA) is 69.6 Å². The Labute approximate surface area is 88.6 Å². The van der Waals surface area contributed by atoms with Crippen LogP contribution in [0.4, 0.5) is 0 Å². The van der Waals surface area contributed by atoms with Crippen molar-refractivity contribution in [3.8, 4) is 0 Å². The first-order valence-electron chi connectivity index (χ1n) is 4.86. The number of nitrogens with one attached hydrogen (secondary N) is 1. The first-order valence-corrected chi connectivity index (χ1v) is 4.86. The summed E-state index contributed by atoms with van der Waals surface area (Å²) in [6.07, 6.45) is -0.419. The molecule has 1 aromatic rings. The maximum Gasteiger partial charge on any atom is 0.251 e. The largest absolute Gasteiger partial charge is 0.396 e. The predicted molar refractivity (Wildman–Crippen MR) is 56.5 cm³/mol. The molecule has 4 heteroatoms. The summed E-state index contributed by atoms with van der Waals surface area (Å²) in [5.74, 6) is -0.215. The van der Waals surface area contributed by atoms with Crippen LogP contribution in [0.15, 0.2) is 30.3 Å². The van der Waals surface area contributed by atoms with Crippen LogP contribution in [-0.4, -0.2) is 35.4 Å². The van der Waals surface area contributed by atoms with Gasteiger partial charge in [-0.3, -0.25) is 4.79 Å². The Bertz CT molecular complexity index is 300. The first kappa shape index (κ1) is 11.7. The fraction of sp³-hybridized carbons (Fsp3) is 0.364. The highest BCUT2D eigenvalue weighted by molar-refractivity contribution is 5.94. The van der Waals surface area contributed by atoms with Gasteiger partial charge in [0.1, 0.15) is 0 Å². The fourth-order valence-corrected chi connectivity index (χ4v) is 1.15. The molecule has 4 nitrogen and oxygen atoms in total. The lowest BCUT2D eigenvalue weighted by molar-refractivity contribution is 0.0890. The van der Waals surface area contributed by atoms with E-state index >= 15 is 0 Å². The normalized spacial score (nSPS) is 12.1. The number of amides is 1. The zero-order valence-electron chi connectivity index (χ0n) is 8.39. The van der Waals surface area contributed by atoms with Gasteiger partial charge in [-0.2, -0.15) is 0 Å². The molecule has 0 spiro atoms. The Morgan fingerprint density at radius 1 is 1.33 bits per heavy atom. The van der Waals surface area contributed by atoms with Crippen LogP contribution in [-0.2, 0) is 0 Å². The van der Waals surface area contributed by atoms with Crippen molar-refractivity contribution in [3.63, 3.8) is 0 Å². The number of carbonyl (C=O) groups is 1. The van der Waals surface area contributed by atoms with E-state index in [1.54, 1.807) is 24.3 Å². The van der Waals surface area contributed by atoms with E-state index in [1.807, 2.05) is 6.07 Å². The van der Waals surface area contributed by atoms with E-state index < -0.39 is 6.10 Å². The van der Waals surface area contributed by atoms with Gasteiger partial charge in [-0.15, -0.1) is 0 Å². The van der Waals surface area contributed by atoms with Crippen LogP contribution in [0.5, 0.6) is 0 Å². The second kappa shape index (κ2) is 6.16. The quantitative estimate of drug-likeness (QED) is 0.647. The van der Waals surface area contributed by atoms with Crippen molar-refractivity contribution in [3.05, 3.63) is 35.9 Å². The molecule has 0 saturated carbocycles. The molecule has 0 aliphatic heterocycles. The van der Waals surface area contributed by atoms with Crippen molar-refractivity contribution in [2.24, 2.45) is 0 Å². The van der Waals surface area contributed by atoms with Gasteiger partial charge in [0.15, 0.2) is 0 Å². The zero-order valence-corrected chi connectivity index (χ0v) is 8.39. The maximum atomic E-state index is 11.5. The summed E-state index contributed by atoms with van der Waals surface area (Å²) in [7, 11) is 0. The minimum atomic E-state index is -0.692. The number of aliphatic hydroxyl groups excluding tert-OH is 2. The summed E-state index contributed by atoms with van der Waals surface area (Å²) in [6.45, 7) is 0.0800. The molecule has 3 N–H and O–H groups in total. The molecule has 0 aromatic heterocycles. The average molecular weight is 209 g/mol. The van der Waals surface area contributed by atoms with Gasteiger partial charge >= 0.3 is 0 Å². The highest BCUT2D eigenvalue weighted by Gasteiger charge is 2.07. The summed E-state index contributed by atoms with van der Waals surface area (Å²) in [5.41, 5.74) is 0.564. The molecule has 1 atom stereocenters. The molecule has 0 saturated heterocycles.